The van der Waals surface area contributed by atoms with E-state index < -0.39 is 12.1 Å². The van der Waals surface area contributed by atoms with Gasteiger partial charge < -0.3 is 43.0 Å². The number of fused-ring (bicyclic) bond motifs is 1. The van der Waals surface area contributed by atoms with E-state index in [0.29, 0.717) is 56.4 Å². The van der Waals surface area contributed by atoms with Crippen LogP contribution in [0.3, 0.4) is 0 Å². The average molecular weight is 664 g/mol. The van der Waals surface area contributed by atoms with Gasteiger partial charge in [-0.05, 0) is 51.5 Å². The normalized spacial score (nSPS) is 11.6. The summed E-state index contributed by atoms with van der Waals surface area (Å²) in [5.74, 6) is 7.27. The minimum atomic E-state index is -1.44. The number of aliphatic carboxylic acids is 1. The van der Waals surface area contributed by atoms with Crippen molar-refractivity contribution in [3.8, 4) is 34.8 Å². The molecule has 0 radical (unpaired) electrons. The highest BCUT2D eigenvalue weighted by atomic mass is 16.5. The zero-order chi connectivity index (χ0) is 35.9. The van der Waals surface area contributed by atoms with Crippen LogP contribution in [0.1, 0.15) is 59.6 Å². The third kappa shape index (κ3) is 7.90. The van der Waals surface area contributed by atoms with Crippen LogP contribution in [0.2, 0.25) is 0 Å². The van der Waals surface area contributed by atoms with Crippen molar-refractivity contribution in [3.63, 3.8) is 0 Å². The van der Waals surface area contributed by atoms with E-state index in [1.54, 1.807) is 26.2 Å². The van der Waals surface area contributed by atoms with Gasteiger partial charge in [0.05, 0.1) is 77.1 Å². The van der Waals surface area contributed by atoms with Crippen LogP contribution in [-0.2, 0) is 31.5 Å². The lowest BCUT2D eigenvalue weighted by Gasteiger charge is -2.30. The van der Waals surface area contributed by atoms with Crippen molar-refractivity contribution < 1.29 is 43.2 Å². The number of aromatic nitrogens is 4. The number of carboxylic acids is 1. The number of hydrogen-bond donors (Lipinski definition) is 1. The SMILES string of the molecule is CC#Cc1c(OC)ccc2c(C(=O)c3cc(OC)c(OC)c(OC)c3)nn(C[N+](C)(C)Cc3c(CC)nc(C)n3C)c12.CC(O)C(=O)[O-]. The molecule has 0 spiro atoms. The highest BCUT2D eigenvalue weighted by Crippen LogP contribution is 2.39. The maximum atomic E-state index is 14.1. The molecule has 13 nitrogen and oxygen atoms in total. The van der Waals surface area contributed by atoms with Gasteiger partial charge in [-0.3, -0.25) is 4.79 Å². The summed E-state index contributed by atoms with van der Waals surface area (Å²) < 4.78 is 26.7. The van der Waals surface area contributed by atoms with E-state index in [-0.39, 0.29) is 5.78 Å². The number of rotatable bonds is 12. The lowest BCUT2D eigenvalue weighted by Crippen LogP contribution is -2.41. The summed E-state index contributed by atoms with van der Waals surface area (Å²) in [4.78, 5) is 28.2. The Kier molecular flexibility index (Phi) is 12.2. The number of hydrogen-bond acceptors (Lipinski definition) is 10. The molecule has 0 saturated carbocycles. The number of ketones is 1. The Bertz CT molecular complexity index is 1830. The Balaban J connectivity index is 0.000000952. The fourth-order valence-corrected chi connectivity index (χ4v) is 5.31. The fourth-order valence-electron chi connectivity index (χ4n) is 5.31. The quantitative estimate of drug-likeness (QED) is 0.136. The van der Waals surface area contributed by atoms with Crippen molar-refractivity contribution in [2.24, 2.45) is 7.05 Å². The number of nitrogens with zero attached hydrogens (tertiary/aromatic N) is 5. The minimum Gasteiger partial charge on any atom is -0.547 e. The first-order valence-corrected chi connectivity index (χ1v) is 15.2. The predicted octanol–water partition coefficient (Wildman–Crippen LogP) is 2.63. The van der Waals surface area contributed by atoms with E-state index >= 15 is 0 Å². The molecule has 48 heavy (non-hydrogen) atoms. The van der Waals surface area contributed by atoms with Gasteiger partial charge in [-0.2, -0.15) is 5.10 Å². The standard InChI is InChI=1S/C32H40N5O5.C3H6O3/c1-11-13-22-26(39-7)15-14-23-29(31(38)21-16-27(40-8)32(42-10)28(17-21)41-9)34-36(30(22)23)19-37(5,6)18-25-24(12-2)33-20(3)35(25)4;1-2(4)3(5)6/h14-17H,12,18-19H2,1-10H3;2,4H,1H3,(H,5,6)/q+1;/p-1. The van der Waals surface area contributed by atoms with Crippen molar-refractivity contribution in [2.45, 2.75) is 53.4 Å². The summed E-state index contributed by atoms with van der Waals surface area (Å²) in [5.41, 5.74) is 4.34. The van der Waals surface area contributed by atoms with Gasteiger partial charge in [-0.25, -0.2) is 9.67 Å². The first kappa shape index (κ1) is 37.4. The number of carbonyl (C=O) groups is 2. The van der Waals surface area contributed by atoms with E-state index in [4.69, 9.17) is 34.1 Å². The third-order valence-electron chi connectivity index (χ3n) is 7.78. The van der Waals surface area contributed by atoms with E-state index in [1.165, 1.54) is 27.0 Å². The van der Waals surface area contributed by atoms with Crippen molar-refractivity contribution in [2.75, 3.05) is 42.5 Å². The van der Waals surface area contributed by atoms with Gasteiger partial charge in [0.2, 0.25) is 11.5 Å². The molecule has 0 bridgehead atoms. The maximum Gasteiger partial charge on any atom is 0.214 e. The smallest absolute Gasteiger partial charge is 0.214 e. The van der Waals surface area contributed by atoms with Crippen LogP contribution in [0, 0.1) is 18.8 Å². The van der Waals surface area contributed by atoms with Crippen molar-refractivity contribution >= 4 is 22.7 Å². The molecule has 2 aromatic heterocycles. The molecule has 258 valence electrons. The topological polar surface area (TPSA) is 150 Å². The summed E-state index contributed by atoms with van der Waals surface area (Å²) in [6, 6.07) is 6.97. The number of aryl methyl sites for hydroxylation is 2. The van der Waals surface area contributed by atoms with Crippen molar-refractivity contribution in [1.29, 1.82) is 0 Å². The van der Waals surface area contributed by atoms with Gasteiger partial charge >= 0.3 is 0 Å². The van der Waals surface area contributed by atoms with Crippen LogP contribution in [-0.4, -0.2) is 89.3 Å². The summed E-state index contributed by atoms with van der Waals surface area (Å²) in [6.07, 6.45) is -0.493. The molecule has 0 fully saturated rings. The predicted molar refractivity (Wildman–Crippen MR) is 178 cm³/mol. The van der Waals surface area contributed by atoms with Crippen LogP contribution >= 0.6 is 0 Å². The molecule has 4 rings (SSSR count). The number of aliphatic hydroxyl groups excluding tert-OH is 1. The zero-order valence-corrected chi connectivity index (χ0v) is 29.5. The molecule has 0 aliphatic rings. The maximum absolute atomic E-state index is 14.1. The summed E-state index contributed by atoms with van der Waals surface area (Å²) >= 11 is 0. The van der Waals surface area contributed by atoms with Crippen LogP contribution in [0.25, 0.3) is 10.9 Å². The molecule has 1 unspecified atom stereocenters. The minimum absolute atomic E-state index is 0.278. The monoisotopic (exact) mass is 663 g/mol. The number of carboxylic acid groups (broad SMARTS) is 1. The molecule has 0 aliphatic carbocycles. The Hall–Kier alpha value is -5.06. The fraction of sp³-hybridized carbons (Fsp3) is 0.429. The Labute approximate surface area is 281 Å². The second kappa shape index (κ2) is 15.7. The largest absolute Gasteiger partial charge is 0.547 e. The first-order valence-electron chi connectivity index (χ1n) is 15.2. The van der Waals surface area contributed by atoms with Crippen LogP contribution in [0.5, 0.6) is 23.0 Å². The van der Waals surface area contributed by atoms with Gasteiger partial charge in [-0.15, -0.1) is 5.92 Å². The number of imidazole rings is 1. The number of benzene rings is 2. The molecule has 2 heterocycles. The number of methoxy groups -OCH3 is 4. The van der Waals surface area contributed by atoms with Crippen molar-refractivity contribution in [1.82, 2.24) is 19.3 Å². The highest BCUT2D eigenvalue weighted by molar-refractivity contribution is 6.16. The highest BCUT2D eigenvalue weighted by Gasteiger charge is 2.29. The van der Waals surface area contributed by atoms with E-state index in [1.807, 2.05) is 30.8 Å². The van der Waals surface area contributed by atoms with E-state index in [2.05, 4.69) is 37.4 Å². The molecule has 0 amide bonds. The van der Waals surface area contributed by atoms with E-state index in [9.17, 15) is 14.7 Å². The molecule has 0 aliphatic heterocycles. The average Bonchev–Trinajstić information content (AvgIpc) is 3.55. The zero-order valence-electron chi connectivity index (χ0n) is 29.5. The molecule has 4 aromatic rings. The van der Waals surface area contributed by atoms with Gasteiger partial charge in [0.15, 0.2) is 18.2 Å². The summed E-state index contributed by atoms with van der Waals surface area (Å²) in [7, 11) is 12.5. The first-order chi connectivity index (χ1) is 22.7. The van der Waals surface area contributed by atoms with Gasteiger partial charge in [-0.1, -0.05) is 12.8 Å². The second-order valence-electron chi connectivity index (χ2n) is 11.7. The lowest BCUT2D eigenvalue weighted by atomic mass is 10.0. The van der Waals surface area contributed by atoms with E-state index in [0.717, 1.165) is 36.9 Å². The Morgan fingerprint density at radius 1 is 1.04 bits per heavy atom. The molecule has 1 N–H and O–H groups in total. The number of ether oxygens (including phenoxy) is 4. The van der Waals surface area contributed by atoms with Gasteiger partial charge in [0.1, 0.15) is 23.8 Å². The molecule has 1 atom stereocenters. The number of aliphatic hydroxyl groups is 1. The molecular weight excluding hydrogens is 618 g/mol. The van der Waals surface area contributed by atoms with Crippen molar-refractivity contribution in [3.05, 3.63) is 58.3 Å². The van der Waals surface area contributed by atoms with Crippen LogP contribution < -0.4 is 24.1 Å². The number of carbonyl (C=O) groups excluding carboxylic acids is 2. The Morgan fingerprint density at radius 2 is 1.62 bits per heavy atom. The van der Waals surface area contributed by atoms with Crippen LogP contribution in [0.4, 0.5) is 0 Å². The van der Waals surface area contributed by atoms with Crippen LogP contribution in [0.15, 0.2) is 24.3 Å². The molecule has 0 saturated heterocycles. The van der Waals surface area contributed by atoms with Gasteiger partial charge in [0.25, 0.3) is 0 Å². The summed E-state index contributed by atoms with van der Waals surface area (Å²) in [5, 5.41) is 22.9. The summed E-state index contributed by atoms with van der Waals surface area (Å²) in [6.45, 7) is 8.24. The lowest BCUT2D eigenvalue weighted by molar-refractivity contribution is -0.926. The molecule has 13 heteroatoms. The van der Waals surface area contributed by atoms with Gasteiger partial charge in [0, 0.05) is 18.0 Å². The Morgan fingerprint density at radius 3 is 2.10 bits per heavy atom. The second-order valence-corrected chi connectivity index (χ2v) is 11.7. The molecular formula is C35H45N5O8. The third-order valence-corrected chi connectivity index (χ3v) is 7.78. The number of quaternary nitrogens is 1. The molecule has 2 aromatic carbocycles.